The molecule has 1 aliphatic rings. The van der Waals surface area contributed by atoms with E-state index in [-0.39, 0.29) is 0 Å². The van der Waals surface area contributed by atoms with Crippen LogP contribution in [0.1, 0.15) is 32.3 Å². The summed E-state index contributed by atoms with van der Waals surface area (Å²) in [5.41, 5.74) is 1.12. The minimum Gasteiger partial charge on any atom is -0.341 e. The lowest BCUT2D eigenvalue weighted by Gasteiger charge is -2.22. The molecule has 0 aliphatic carbocycles. The second kappa shape index (κ2) is 4.81. The molecule has 2 unspecified atom stereocenters. The van der Waals surface area contributed by atoms with E-state index in [1.807, 2.05) is 19.3 Å². The van der Waals surface area contributed by atoms with Crippen LogP contribution in [0.25, 0.3) is 0 Å². The summed E-state index contributed by atoms with van der Waals surface area (Å²) in [5.74, 6) is 2.46. The van der Waals surface area contributed by atoms with Gasteiger partial charge in [-0.25, -0.2) is 9.97 Å². The van der Waals surface area contributed by atoms with Crippen molar-refractivity contribution >= 4 is 5.95 Å². The summed E-state index contributed by atoms with van der Waals surface area (Å²) in [4.78, 5) is 11.2. The fourth-order valence-electron chi connectivity index (χ4n) is 2.45. The molecular weight excluding hydrogens is 198 g/mol. The monoisotopic (exact) mass is 219 g/mol. The zero-order chi connectivity index (χ0) is 11.5. The fraction of sp³-hybridized carbons (Fsp3) is 0.692. The van der Waals surface area contributed by atoms with Gasteiger partial charge in [0.1, 0.15) is 0 Å². The first kappa shape index (κ1) is 11.4. The van der Waals surface area contributed by atoms with Crippen molar-refractivity contribution in [2.45, 2.75) is 33.6 Å². The van der Waals surface area contributed by atoms with Gasteiger partial charge >= 0.3 is 0 Å². The van der Waals surface area contributed by atoms with Crippen molar-refractivity contribution in [1.29, 1.82) is 0 Å². The Balaban J connectivity index is 2.11. The van der Waals surface area contributed by atoms with Gasteiger partial charge in [-0.15, -0.1) is 0 Å². The second-order valence-electron chi connectivity index (χ2n) is 5.24. The number of rotatable bonds is 1. The average Bonchev–Trinajstić information content (AvgIpc) is 2.41. The quantitative estimate of drug-likeness (QED) is 0.727. The predicted molar refractivity (Wildman–Crippen MR) is 66.5 cm³/mol. The molecule has 0 aromatic carbocycles. The molecule has 2 heterocycles. The number of hydrogen-bond acceptors (Lipinski definition) is 3. The van der Waals surface area contributed by atoms with Crippen molar-refractivity contribution in [3.63, 3.8) is 0 Å². The first-order chi connectivity index (χ1) is 7.65. The number of aryl methyl sites for hydroxylation is 1. The molecule has 0 amide bonds. The Morgan fingerprint density at radius 3 is 2.56 bits per heavy atom. The Bertz CT molecular complexity index is 334. The minimum atomic E-state index is 0.738. The SMILES string of the molecule is Cc1cnc(N2CCC(C)CC(C)C2)nc1. The van der Waals surface area contributed by atoms with Gasteiger partial charge in [-0.2, -0.15) is 0 Å². The zero-order valence-electron chi connectivity index (χ0n) is 10.5. The molecule has 1 fully saturated rings. The maximum Gasteiger partial charge on any atom is 0.225 e. The number of anilines is 1. The third-order valence-corrected chi connectivity index (χ3v) is 3.28. The molecule has 0 radical (unpaired) electrons. The molecule has 0 spiro atoms. The van der Waals surface area contributed by atoms with E-state index in [4.69, 9.17) is 0 Å². The highest BCUT2D eigenvalue weighted by atomic mass is 15.2. The van der Waals surface area contributed by atoms with E-state index < -0.39 is 0 Å². The molecule has 0 N–H and O–H groups in total. The highest BCUT2D eigenvalue weighted by Crippen LogP contribution is 2.23. The van der Waals surface area contributed by atoms with E-state index in [2.05, 4.69) is 28.7 Å². The standard InChI is InChI=1S/C13H21N3/c1-10-4-5-16(9-11(2)6-10)13-14-7-12(3)8-15-13/h7-8,10-11H,4-6,9H2,1-3H3. The van der Waals surface area contributed by atoms with Crippen molar-refractivity contribution in [3.8, 4) is 0 Å². The van der Waals surface area contributed by atoms with E-state index in [0.29, 0.717) is 0 Å². The van der Waals surface area contributed by atoms with Crippen LogP contribution < -0.4 is 4.90 Å². The molecular formula is C13H21N3. The van der Waals surface area contributed by atoms with Gasteiger partial charge in [-0.05, 0) is 37.2 Å². The maximum absolute atomic E-state index is 4.42. The van der Waals surface area contributed by atoms with Gasteiger partial charge in [-0.1, -0.05) is 13.8 Å². The lowest BCUT2D eigenvalue weighted by molar-refractivity contribution is 0.442. The number of nitrogens with zero attached hydrogens (tertiary/aromatic N) is 3. The summed E-state index contributed by atoms with van der Waals surface area (Å²) in [5, 5.41) is 0. The Morgan fingerprint density at radius 1 is 1.19 bits per heavy atom. The highest BCUT2D eigenvalue weighted by Gasteiger charge is 2.20. The maximum atomic E-state index is 4.42. The molecule has 1 aromatic heterocycles. The van der Waals surface area contributed by atoms with Gasteiger partial charge in [0, 0.05) is 25.5 Å². The summed E-state index contributed by atoms with van der Waals surface area (Å²) in [6.45, 7) is 8.87. The molecule has 0 saturated carbocycles. The summed E-state index contributed by atoms with van der Waals surface area (Å²) in [7, 11) is 0. The second-order valence-corrected chi connectivity index (χ2v) is 5.24. The molecule has 2 rings (SSSR count). The van der Waals surface area contributed by atoms with Gasteiger partial charge < -0.3 is 4.90 Å². The fourth-order valence-corrected chi connectivity index (χ4v) is 2.45. The van der Waals surface area contributed by atoms with Gasteiger partial charge in [0.25, 0.3) is 0 Å². The number of hydrogen-bond donors (Lipinski definition) is 0. The number of aromatic nitrogens is 2. The van der Waals surface area contributed by atoms with Crippen LogP contribution in [0, 0.1) is 18.8 Å². The topological polar surface area (TPSA) is 29.0 Å². The van der Waals surface area contributed by atoms with Crippen molar-refractivity contribution in [3.05, 3.63) is 18.0 Å². The normalized spacial score (nSPS) is 26.6. The molecule has 16 heavy (non-hydrogen) atoms. The Kier molecular flexibility index (Phi) is 3.42. The molecule has 1 aromatic rings. The van der Waals surface area contributed by atoms with Gasteiger partial charge in [0.2, 0.25) is 5.95 Å². The van der Waals surface area contributed by atoms with Crippen LogP contribution >= 0.6 is 0 Å². The van der Waals surface area contributed by atoms with Gasteiger partial charge in [0.05, 0.1) is 0 Å². The minimum absolute atomic E-state index is 0.738. The van der Waals surface area contributed by atoms with Crippen LogP contribution in [0.5, 0.6) is 0 Å². The van der Waals surface area contributed by atoms with Crippen LogP contribution in [0.15, 0.2) is 12.4 Å². The first-order valence-corrected chi connectivity index (χ1v) is 6.18. The van der Waals surface area contributed by atoms with Gasteiger partial charge in [0.15, 0.2) is 0 Å². The Hall–Kier alpha value is -1.12. The summed E-state index contributed by atoms with van der Waals surface area (Å²) >= 11 is 0. The highest BCUT2D eigenvalue weighted by molar-refractivity contribution is 5.30. The summed E-state index contributed by atoms with van der Waals surface area (Å²) < 4.78 is 0. The summed E-state index contributed by atoms with van der Waals surface area (Å²) in [6, 6.07) is 0. The van der Waals surface area contributed by atoms with E-state index in [1.54, 1.807) is 0 Å². The first-order valence-electron chi connectivity index (χ1n) is 6.18. The molecule has 2 atom stereocenters. The Morgan fingerprint density at radius 2 is 1.88 bits per heavy atom. The van der Waals surface area contributed by atoms with E-state index in [0.717, 1.165) is 36.4 Å². The van der Waals surface area contributed by atoms with Crippen molar-refractivity contribution in [1.82, 2.24) is 9.97 Å². The molecule has 3 heteroatoms. The third-order valence-electron chi connectivity index (χ3n) is 3.28. The molecule has 3 nitrogen and oxygen atoms in total. The molecule has 88 valence electrons. The van der Waals surface area contributed by atoms with Gasteiger partial charge in [-0.3, -0.25) is 0 Å². The largest absolute Gasteiger partial charge is 0.341 e. The molecule has 0 bridgehead atoms. The lowest BCUT2D eigenvalue weighted by Crippen LogP contribution is -2.28. The van der Waals surface area contributed by atoms with E-state index in [1.165, 1.54) is 12.8 Å². The molecule has 1 aliphatic heterocycles. The average molecular weight is 219 g/mol. The third kappa shape index (κ3) is 2.71. The van der Waals surface area contributed by atoms with Crippen molar-refractivity contribution in [2.75, 3.05) is 18.0 Å². The smallest absolute Gasteiger partial charge is 0.225 e. The van der Waals surface area contributed by atoms with Crippen molar-refractivity contribution in [2.24, 2.45) is 11.8 Å². The van der Waals surface area contributed by atoms with E-state index in [9.17, 15) is 0 Å². The van der Waals surface area contributed by atoms with E-state index >= 15 is 0 Å². The summed E-state index contributed by atoms with van der Waals surface area (Å²) in [6.07, 6.45) is 6.38. The lowest BCUT2D eigenvalue weighted by atomic mass is 9.97. The van der Waals surface area contributed by atoms with Crippen LogP contribution in [-0.2, 0) is 0 Å². The van der Waals surface area contributed by atoms with Crippen molar-refractivity contribution < 1.29 is 0 Å². The van der Waals surface area contributed by atoms with Crippen LogP contribution in [0.2, 0.25) is 0 Å². The van der Waals surface area contributed by atoms with Crippen LogP contribution in [0.3, 0.4) is 0 Å². The Labute approximate surface area is 97.9 Å². The van der Waals surface area contributed by atoms with Crippen LogP contribution in [0.4, 0.5) is 5.95 Å². The molecule has 1 saturated heterocycles. The van der Waals surface area contributed by atoms with Crippen LogP contribution in [-0.4, -0.2) is 23.1 Å². The predicted octanol–water partition coefficient (Wildman–Crippen LogP) is 2.66. The zero-order valence-corrected chi connectivity index (χ0v) is 10.5.